The molecule has 0 aliphatic carbocycles. The van der Waals surface area contributed by atoms with Crippen LogP contribution in [0.2, 0.25) is 39.3 Å². The van der Waals surface area contributed by atoms with Crippen molar-refractivity contribution in [2.75, 3.05) is 13.1 Å². The molecule has 0 amide bonds. The van der Waals surface area contributed by atoms with Gasteiger partial charge in [0.25, 0.3) is 0 Å². The number of aliphatic imine (C=N–C) groups is 2. The van der Waals surface area contributed by atoms with Crippen molar-refractivity contribution in [3.05, 3.63) is 46.5 Å². The fourth-order valence-corrected chi connectivity index (χ4v) is 6.01. The van der Waals surface area contributed by atoms with Gasteiger partial charge in [-0.25, -0.2) is 0 Å². The summed E-state index contributed by atoms with van der Waals surface area (Å²) in [6, 6.07) is 8.51. The number of phenolic OH excluding ortho intramolecular Hbond substituents is 2. The van der Waals surface area contributed by atoms with Gasteiger partial charge in [0.15, 0.2) is 0 Å². The van der Waals surface area contributed by atoms with Crippen LogP contribution in [0.4, 0.5) is 0 Å². The van der Waals surface area contributed by atoms with Crippen molar-refractivity contribution in [3.8, 4) is 11.5 Å². The maximum Gasteiger partial charge on any atom is 2.00 e. The molecule has 0 bridgehead atoms. The molecule has 0 heterocycles. The number of aromatic hydroxyl groups is 2. The number of carbonyl (C=O) groups is 2. The van der Waals surface area contributed by atoms with Crippen molar-refractivity contribution < 1.29 is 46.8 Å². The Balaban J connectivity index is 0. The van der Waals surface area contributed by atoms with Crippen LogP contribution in [0.15, 0.2) is 34.3 Å². The van der Waals surface area contributed by atoms with Gasteiger partial charge in [-0.3, -0.25) is 9.98 Å². The standard InChI is InChI=1S/C27H42N2O2Si2.2C2H4O2.Co/c1-9-20-14-24(32(3,4)5)16-22(26(20)30)18-28-12-11-13-29-19-23-17-25(33(6,7)8)15-21(10-2)27(23)31;2*1-2(3)4;/h14-19,30-31H,9-13H2,1-8H3;2*1H3,(H,3,4);/q;;;+2/p-2. The number of phenols is 2. The molecule has 2 aromatic carbocycles. The Labute approximate surface area is 264 Å². The topological polar surface area (TPSA) is 145 Å². The number of carboxylic acid groups (broad SMARTS) is 2. The number of aliphatic carboxylic acids is 2. The SMILES string of the molecule is CC(=O)[O-].CC(=O)[O-].CCc1cc([Si](C)(C)C)cc(C=NCCCN=Cc2cc([Si](C)(C)C)cc(CC)c2O)c1O.[Co+2]. The van der Waals surface area contributed by atoms with Crippen molar-refractivity contribution in [2.24, 2.45) is 9.98 Å². The molecule has 0 saturated heterocycles. The molecule has 0 atom stereocenters. The molecular weight excluding hydrogens is 611 g/mol. The number of hydrogen-bond donors (Lipinski definition) is 2. The summed E-state index contributed by atoms with van der Waals surface area (Å²) in [5.74, 6) is -1.46. The molecule has 0 saturated carbocycles. The Hall–Kier alpha value is -2.74. The first-order chi connectivity index (χ1) is 18.8. The van der Waals surface area contributed by atoms with Gasteiger partial charge in [-0.05, 0) is 44.2 Å². The minimum atomic E-state index is -1.47. The van der Waals surface area contributed by atoms with Gasteiger partial charge in [-0.2, -0.15) is 0 Å². The average Bonchev–Trinajstić information content (AvgIpc) is 2.83. The predicted molar refractivity (Wildman–Crippen MR) is 172 cm³/mol. The summed E-state index contributed by atoms with van der Waals surface area (Å²) in [7, 11) is -2.94. The minimum absolute atomic E-state index is 0. The second-order valence-electron chi connectivity index (χ2n) is 11.8. The number of benzene rings is 2. The van der Waals surface area contributed by atoms with E-state index in [9.17, 15) is 10.2 Å². The van der Waals surface area contributed by atoms with E-state index in [1.54, 1.807) is 12.4 Å². The van der Waals surface area contributed by atoms with Gasteiger partial charge in [0.2, 0.25) is 0 Å². The number of hydrogen-bond acceptors (Lipinski definition) is 8. The van der Waals surface area contributed by atoms with Crippen molar-refractivity contribution >= 4 is 50.9 Å². The van der Waals surface area contributed by atoms with Gasteiger partial charge in [-0.15, -0.1) is 0 Å². The average molecular weight is 660 g/mol. The van der Waals surface area contributed by atoms with E-state index in [4.69, 9.17) is 19.8 Å². The molecule has 0 aliphatic heterocycles. The molecule has 0 aromatic heterocycles. The van der Waals surface area contributed by atoms with Crippen LogP contribution >= 0.6 is 0 Å². The number of carbonyl (C=O) groups excluding carboxylic acids is 2. The van der Waals surface area contributed by atoms with Crippen LogP contribution in [0, 0.1) is 0 Å². The molecule has 0 fully saturated rings. The summed E-state index contributed by atoms with van der Waals surface area (Å²) < 4.78 is 0. The number of aryl methyl sites for hydroxylation is 2. The third-order valence-corrected chi connectivity index (χ3v) is 10.0. The smallest absolute Gasteiger partial charge is 0.550 e. The fraction of sp³-hybridized carbons (Fsp3) is 0.484. The van der Waals surface area contributed by atoms with E-state index in [2.05, 4.69) is 87.4 Å². The van der Waals surface area contributed by atoms with E-state index in [1.165, 1.54) is 10.4 Å². The molecule has 235 valence electrons. The maximum absolute atomic E-state index is 10.6. The fourth-order valence-electron chi connectivity index (χ4n) is 3.62. The normalized spacial score (nSPS) is 11.3. The van der Waals surface area contributed by atoms with E-state index >= 15 is 0 Å². The van der Waals surface area contributed by atoms with E-state index in [1.807, 2.05) is 0 Å². The summed E-state index contributed by atoms with van der Waals surface area (Å²) >= 11 is 0. The van der Waals surface area contributed by atoms with Gasteiger partial charge in [0.1, 0.15) is 11.5 Å². The van der Waals surface area contributed by atoms with Crippen LogP contribution < -0.4 is 20.6 Å². The first-order valence-electron chi connectivity index (χ1n) is 13.9. The third kappa shape index (κ3) is 16.0. The zero-order valence-electron chi connectivity index (χ0n) is 26.8. The Bertz CT molecular complexity index is 1120. The van der Waals surface area contributed by atoms with Gasteiger partial charge in [0.05, 0.1) is 16.1 Å². The van der Waals surface area contributed by atoms with Crippen molar-refractivity contribution in [3.63, 3.8) is 0 Å². The van der Waals surface area contributed by atoms with E-state index in [-0.39, 0.29) is 16.8 Å². The second-order valence-corrected chi connectivity index (χ2v) is 21.9. The van der Waals surface area contributed by atoms with Gasteiger partial charge in [-0.1, -0.05) is 87.8 Å². The zero-order valence-corrected chi connectivity index (χ0v) is 29.8. The van der Waals surface area contributed by atoms with E-state index in [0.717, 1.165) is 55.4 Å². The number of rotatable bonds is 10. The number of nitrogens with zero attached hydrogens (tertiary/aromatic N) is 2. The van der Waals surface area contributed by atoms with Gasteiger partial charge >= 0.3 is 16.8 Å². The third-order valence-electron chi connectivity index (χ3n) is 5.97. The molecule has 1 radical (unpaired) electrons. The molecule has 0 aliphatic rings. The summed E-state index contributed by atoms with van der Waals surface area (Å²) in [4.78, 5) is 26.9. The van der Waals surface area contributed by atoms with Crippen molar-refractivity contribution in [1.29, 1.82) is 0 Å². The van der Waals surface area contributed by atoms with Gasteiger partial charge < -0.3 is 30.0 Å². The molecule has 42 heavy (non-hydrogen) atoms. The molecule has 2 N–H and O–H groups in total. The molecule has 0 spiro atoms. The summed E-state index contributed by atoms with van der Waals surface area (Å²) in [6.45, 7) is 21.3. The van der Waals surface area contributed by atoms with Crippen molar-refractivity contribution in [2.45, 2.75) is 86.2 Å². The summed E-state index contributed by atoms with van der Waals surface area (Å²) in [5, 5.41) is 41.6. The monoisotopic (exact) mass is 659 g/mol. The van der Waals surface area contributed by atoms with Crippen LogP contribution in [0.25, 0.3) is 0 Å². The van der Waals surface area contributed by atoms with Gasteiger partial charge in [0, 0.05) is 48.6 Å². The number of carboxylic acids is 2. The quantitative estimate of drug-likeness (QED) is 0.228. The van der Waals surface area contributed by atoms with Crippen LogP contribution in [0.3, 0.4) is 0 Å². The summed E-state index contributed by atoms with van der Waals surface area (Å²) in [6.07, 6.45) is 6.05. The molecule has 2 aromatic rings. The van der Waals surface area contributed by atoms with Crippen LogP contribution in [-0.4, -0.2) is 63.8 Å². The molecule has 11 heteroatoms. The molecule has 2 rings (SSSR count). The van der Waals surface area contributed by atoms with E-state index in [0.29, 0.717) is 24.6 Å². The Morgan fingerprint density at radius 1 is 0.714 bits per heavy atom. The van der Waals surface area contributed by atoms with Crippen LogP contribution in [0.5, 0.6) is 11.5 Å². The van der Waals surface area contributed by atoms with E-state index < -0.39 is 28.1 Å². The van der Waals surface area contributed by atoms with Crippen molar-refractivity contribution in [1.82, 2.24) is 0 Å². The van der Waals surface area contributed by atoms with Crippen LogP contribution in [0.1, 0.15) is 56.4 Å². The van der Waals surface area contributed by atoms with Crippen LogP contribution in [-0.2, 0) is 39.2 Å². The Kier molecular flexibility index (Phi) is 19.2. The largest absolute Gasteiger partial charge is 2.00 e. The zero-order chi connectivity index (χ0) is 32.0. The molecular formula is C31H48CoN2O6Si2. The Morgan fingerprint density at radius 3 is 1.24 bits per heavy atom. The Morgan fingerprint density at radius 2 is 1.00 bits per heavy atom. The first-order valence-corrected chi connectivity index (χ1v) is 20.9. The summed E-state index contributed by atoms with van der Waals surface area (Å²) in [5.41, 5.74) is 3.62. The predicted octanol–water partition coefficient (Wildman–Crippen LogP) is 2.75. The molecule has 0 unspecified atom stereocenters. The molecule has 8 nitrogen and oxygen atoms in total. The second kappa shape index (κ2) is 19.4. The minimum Gasteiger partial charge on any atom is -0.550 e. The maximum atomic E-state index is 10.6. The first kappa shape index (κ1) is 41.4.